The molecule has 1 fully saturated rings. The zero-order valence-electron chi connectivity index (χ0n) is 10.0. The predicted molar refractivity (Wildman–Crippen MR) is 61.9 cm³/mol. The maximum Gasteiger partial charge on any atom is 0.317 e. The van der Waals surface area contributed by atoms with Gasteiger partial charge in [0.25, 0.3) is 0 Å². The first-order chi connectivity index (χ1) is 7.13. The molecule has 4 heteroatoms. The second-order valence-electron chi connectivity index (χ2n) is 4.45. The predicted octanol–water partition coefficient (Wildman–Crippen LogP) is 1.18. The first-order valence-corrected chi connectivity index (χ1v) is 5.84. The van der Waals surface area contributed by atoms with Crippen LogP contribution in [0.1, 0.15) is 32.6 Å². The van der Waals surface area contributed by atoms with Crippen molar-refractivity contribution in [3.8, 4) is 0 Å². The molecule has 0 spiro atoms. The van der Waals surface area contributed by atoms with Gasteiger partial charge in [-0.15, -0.1) is 0 Å². The molecule has 0 atom stereocenters. The van der Waals surface area contributed by atoms with Crippen molar-refractivity contribution in [1.29, 1.82) is 0 Å². The number of rotatable bonds is 3. The Kier molecular flexibility index (Phi) is 4.88. The lowest BCUT2D eigenvalue weighted by molar-refractivity contribution is 0.206. The minimum atomic E-state index is 0.0295. The molecule has 0 aromatic carbocycles. The maximum atomic E-state index is 11.4. The van der Waals surface area contributed by atoms with Gasteiger partial charge in [0.1, 0.15) is 0 Å². The molecule has 4 nitrogen and oxygen atoms in total. The van der Waals surface area contributed by atoms with E-state index in [1.807, 2.05) is 0 Å². The third-order valence-electron chi connectivity index (χ3n) is 2.95. The number of amides is 2. The molecule has 1 aliphatic carbocycles. The minimum absolute atomic E-state index is 0.0295. The Morgan fingerprint density at radius 1 is 1.20 bits per heavy atom. The second-order valence-corrected chi connectivity index (χ2v) is 4.45. The highest BCUT2D eigenvalue weighted by atomic mass is 16.2. The lowest BCUT2D eigenvalue weighted by Gasteiger charge is -2.30. The van der Waals surface area contributed by atoms with Gasteiger partial charge in [0.15, 0.2) is 0 Å². The summed E-state index contributed by atoms with van der Waals surface area (Å²) in [6, 6.07) is 1.05. The van der Waals surface area contributed by atoms with Gasteiger partial charge in [-0.05, 0) is 32.2 Å². The van der Waals surface area contributed by atoms with Crippen molar-refractivity contribution < 1.29 is 4.79 Å². The zero-order valence-corrected chi connectivity index (χ0v) is 10.0. The van der Waals surface area contributed by atoms with Crippen LogP contribution in [0.25, 0.3) is 0 Å². The summed E-state index contributed by atoms with van der Waals surface area (Å²) < 4.78 is 0. The molecular weight excluding hydrogens is 190 g/mol. The largest absolute Gasteiger partial charge is 0.335 e. The highest BCUT2D eigenvalue weighted by Gasteiger charge is 2.21. The van der Waals surface area contributed by atoms with Crippen molar-refractivity contribution in [3.05, 3.63) is 0 Å². The first kappa shape index (κ1) is 12.3. The molecule has 0 aromatic rings. The summed E-state index contributed by atoms with van der Waals surface area (Å²) in [6.07, 6.45) is 4.53. The fourth-order valence-electron chi connectivity index (χ4n) is 2.03. The normalized spacial score (nSPS) is 26.1. The van der Waals surface area contributed by atoms with Gasteiger partial charge >= 0.3 is 6.03 Å². The van der Waals surface area contributed by atoms with Crippen molar-refractivity contribution in [1.82, 2.24) is 15.5 Å². The van der Waals surface area contributed by atoms with Crippen LogP contribution < -0.4 is 10.6 Å². The molecule has 2 amide bonds. The van der Waals surface area contributed by atoms with Crippen LogP contribution in [0.4, 0.5) is 4.79 Å². The number of nitrogens with zero attached hydrogens (tertiary/aromatic N) is 1. The standard InChI is InChI=1S/C11H23N3O/c1-4-12-9-5-7-10(8-6-9)13-11(15)14(2)3/h9-10,12H,4-8H2,1-3H3,(H,13,15). The highest BCUT2D eigenvalue weighted by Crippen LogP contribution is 2.18. The van der Waals surface area contributed by atoms with Crippen molar-refractivity contribution >= 4 is 6.03 Å². The highest BCUT2D eigenvalue weighted by molar-refractivity contribution is 5.73. The summed E-state index contributed by atoms with van der Waals surface area (Å²) >= 11 is 0. The van der Waals surface area contributed by atoms with Gasteiger partial charge in [0.05, 0.1) is 0 Å². The number of hydrogen-bond donors (Lipinski definition) is 2. The second kappa shape index (κ2) is 5.95. The van der Waals surface area contributed by atoms with Crippen molar-refractivity contribution in [2.45, 2.75) is 44.7 Å². The first-order valence-electron chi connectivity index (χ1n) is 5.84. The van der Waals surface area contributed by atoms with Gasteiger partial charge in [0.2, 0.25) is 0 Å². The van der Waals surface area contributed by atoms with E-state index in [4.69, 9.17) is 0 Å². The number of urea groups is 1. The number of carbonyl (C=O) groups is 1. The Hall–Kier alpha value is -0.770. The Morgan fingerprint density at radius 3 is 2.20 bits per heavy atom. The van der Waals surface area contributed by atoms with Gasteiger partial charge in [-0.25, -0.2) is 4.79 Å². The van der Waals surface area contributed by atoms with E-state index in [1.54, 1.807) is 19.0 Å². The molecule has 1 aliphatic rings. The van der Waals surface area contributed by atoms with Crippen LogP contribution >= 0.6 is 0 Å². The van der Waals surface area contributed by atoms with Crippen molar-refractivity contribution in [2.24, 2.45) is 0 Å². The number of hydrogen-bond acceptors (Lipinski definition) is 2. The number of carbonyl (C=O) groups excluding carboxylic acids is 1. The van der Waals surface area contributed by atoms with E-state index in [0.717, 1.165) is 19.4 Å². The third-order valence-corrected chi connectivity index (χ3v) is 2.95. The van der Waals surface area contributed by atoms with E-state index in [1.165, 1.54) is 12.8 Å². The van der Waals surface area contributed by atoms with E-state index in [-0.39, 0.29) is 6.03 Å². The van der Waals surface area contributed by atoms with Crippen LogP contribution in [-0.4, -0.2) is 43.7 Å². The molecule has 0 heterocycles. The van der Waals surface area contributed by atoms with Crippen molar-refractivity contribution in [3.63, 3.8) is 0 Å². The Labute approximate surface area is 92.4 Å². The third kappa shape index (κ3) is 4.08. The Balaban J connectivity index is 2.22. The van der Waals surface area contributed by atoms with Crippen LogP contribution in [0.5, 0.6) is 0 Å². The quantitative estimate of drug-likeness (QED) is 0.739. The minimum Gasteiger partial charge on any atom is -0.335 e. The van der Waals surface area contributed by atoms with E-state index >= 15 is 0 Å². The Morgan fingerprint density at radius 2 is 1.73 bits per heavy atom. The van der Waals surface area contributed by atoms with Crippen LogP contribution in [0, 0.1) is 0 Å². The van der Waals surface area contributed by atoms with E-state index in [0.29, 0.717) is 12.1 Å². The van der Waals surface area contributed by atoms with E-state index in [2.05, 4.69) is 17.6 Å². The fraction of sp³-hybridized carbons (Fsp3) is 0.909. The summed E-state index contributed by atoms with van der Waals surface area (Å²) in [7, 11) is 3.55. The zero-order chi connectivity index (χ0) is 11.3. The van der Waals surface area contributed by atoms with Gasteiger partial charge in [-0.1, -0.05) is 6.92 Å². The molecule has 0 aromatic heterocycles. The molecule has 1 saturated carbocycles. The van der Waals surface area contributed by atoms with Crippen LogP contribution in [-0.2, 0) is 0 Å². The summed E-state index contributed by atoms with van der Waals surface area (Å²) in [4.78, 5) is 13.0. The van der Waals surface area contributed by atoms with Gasteiger partial charge in [0, 0.05) is 26.2 Å². The molecule has 0 aliphatic heterocycles. The lowest BCUT2D eigenvalue weighted by Crippen LogP contribution is -2.45. The molecule has 0 saturated heterocycles. The van der Waals surface area contributed by atoms with Gasteiger partial charge in [-0.2, -0.15) is 0 Å². The molecule has 0 radical (unpaired) electrons. The van der Waals surface area contributed by atoms with Crippen molar-refractivity contribution in [2.75, 3.05) is 20.6 Å². The smallest absolute Gasteiger partial charge is 0.317 e. The average Bonchev–Trinajstić information content (AvgIpc) is 2.21. The lowest BCUT2D eigenvalue weighted by atomic mass is 9.91. The van der Waals surface area contributed by atoms with E-state index in [9.17, 15) is 4.79 Å². The molecule has 1 rings (SSSR count). The molecule has 88 valence electrons. The van der Waals surface area contributed by atoms with Crippen LogP contribution in [0.2, 0.25) is 0 Å². The number of nitrogens with one attached hydrogen (secondary N) is 2. The summed E-state index contributed by atoms with van der Waals surface area (Å²) in [5, 5.41) is 6.50. The molecule has 15 heavy (non-hydrogen) atoms. The Bertz CT molecular complexity index is 198. The average molecular weight is 213 g/mol. The van der Waals surface area contributed by atoms with Crippen LogP contribution in [0.3, 0.4) is 0 Å². The van der Waals surface area contributed by atoms with E-state index < -0.39 is 0 Å². The van der Waals surface area contributed by atoms with Gasteiger partial charge < -0.3 is 15.5 Å². The molecule has 0 unspecified atom stereocenters. The topological polar surface area (TPSA) is 44.4 Å². The van der Waals surface area contributed by atoms with Crippen LogP contribution in [0.15, 0.2) is 0 Å². The monoisotopic (exact) mass is 213 g/mol. The molecule has 0 bridgehead atoms. The molecular formula is C11H23N3O. The summed E-state index contributed by atoms with van der Waals surface area (Å²) in [5.41, 5.74) is 0. The van der Waals surface area contributed by atoms with Gasteiger partial charge in [-0.3, -0.25) is 0 Å². The summed E-state index contributed by atoms with van der Waals surface area (Å²) in [6.45, 7) is 3.18. The fourth-order valence-corrected chi connectivity index (χ4v) is 2.03. The summed E-state index contributed by atoms with van der Waals surface area (Å²) in [5.74, 6) is 0. The maximum absolute atomic E-state index is 11.4. The SMILES string of the molecule is CCNC1CCC(NC(=O)N(C)C)CC1. The molecule has 2 N–H and O–H groups in total.